The zero-order valence-electron chi connectivity index (χ0n) is 12.0. The predicted octanol–water partition coefficient (Wildman–Crippen LogP) is 4.10. The minimum absolute atomic E-state index is 0.0649. The summed E-state index contributed by atoms with van der Waals surface area (Å²) in [5, 5.41) is 0. The molecule has 102 valence electrons. The zero-order chi connectivity index (χ0) is 13.4. The van der Waals surface area contributed by atoms with Gasteiger partial charge in [0, 0.05) is 0 Å². The number of esters is 1. The molecule has 0 heterocycles. The van der Waals surface area contributed by atoms with E-state index in [1.165, 1.54) is 19.3 Å². The number of hydrogen-bond donors (Lipinski definition) is 0. The van der Waals surface area contributed by atoms with E-state index in [-0.39, 0.29) is 17.0 Å². The summed E-state index contributed by atoms with van der Waals surface area (Å²) in [5.41, 5.74) is -0.757. The molecule has 0 spiro atoms. The molecular weight excluding hydrogens is 224 g/mol. The Labute approximate surface area is 111 Å². The van der Waals surface area contributed by atoms with E-state index in [0.717, 1.165) is 31.1 Å². The molecule has 0 aromatic heterocycles. The first-order valence-electron chi connectivity index (χ1n) is 7.29. The van der Waals surface area contributed by atoms with Crippen molar-refractivity contribution in [3.8, 4) is 0 Å². The van der Waals surface area contributed by atoms with Gasteiger partial charge in [0.1, 0.15) is 5.60 Å². The second kappa shape index (κ2) is 4.71. The maximum absolute atomic E-state index is 12.3. The first-order chi connectivity index (χ1) is 8.42. The number of ether oxygens (including phenoxy) is 1. The first kappa shape index (κ1) is 13.6. The van der Waals surface area contributed by atoms with Gasteiger partial charge in [0.05, 0.1) is 5.41 Å². The van der Waals surface area contributed by atoms with E-state index in [1.807, 2.05) is 26.8 Å². The molecule has 0 aliphatic heterocycles. The molecule has 0 aromatic rings. The molecule has 2 rings (SSSR count). The number of fused-ring (bicyclic) bond motifs is 1. The van der Waals surface area contributed by atoms with Crippen molar-refractivity contribution in [3.05, 3.63) is 12.7 Å². The molecule has 0 N–H and O–H groups in total. The average molecular weight is 250 g/mol. The minimum Gasteiger partial charge on any atom is -0.454 e. The topological polar surface area (TPSA) is 26.3 Å². The Morgan fingerprint density at radius 2 is 1.94 bits per heavy atom. The van der Waals surface area contributed by atoms with Crippen LogP contribution in [0.2, 0.25) is 0 Å². The largest absolute Gasteiger partial charge is 0.454 e. The smallest absolute Gasteiger partial charge is 0.312 e. The summed E-state index contributed by atoms with van der Waals surface area (Å²) in [4.78, 5) is 12.3. The van der Waals surface area contributed by atoms with Crippen LogP contribution >= 0.6 is 0 Å². The van der Waals surface area contributed by atoms with Crippen molar-refractivity contribution in [2.24, 2.45) is 17.3 Å². The van der Waals surface area contributed by atoms with E-state index < -0.39 is 0 Å². The lowest BCUT2D eigenvalue weighted by Gasteiger charge is -2.31. The highest BCUT2D eigenvalue weighted by Gasteiger charge is 2.48. The van der Waals surface area contributed by atoms with Gasteiger partial charge >= 0.3 is 5.97 Å². The molecule has 2 nitrogen and oxygen atoms in total. The van der Waals surface area contributed by atoms with Gasteiger partial charge in [-0.1, -0.05) is 32.8 Å². The molecule has 2 saturated carbocycles. The van der Waals surface area contributed by atoms with Crippen molar-refractivity contribution < 1.29 is 9.53 Å². The highest BCUT2D eigenvalue weighted by Crippen LogP contribution is 2.51. The lowest BCUT2D eigenvalue weighted by Crippen LogP contribution is -2.37. The van der Waals surface area contributed by atoms with Crippen molar-refractivity contribution in [2.45, 2.75) is 64.9 Å². The third-order valence-corrected chi connectivity index (χ3v) is 5.14. The predicted molar refractivity (Wildman–Crippen MR) is 73.2 cm³/mol. The van der Waals surface area contributed by atoms with Crippen LogP contribution in [0.15, 0.2) is 12.7 Å². The Kier molecular flexibility index (Phi) is 3.57. The second-order valence-corrected chi connectivity index (χ2v) is 6.76. The molecule has 2 aliphatic carbocycles. The van der Waals surface area contributed by atoms with Gasteiger partial charge in [0.25, 0.3) is 0 Å². The van der Waals surface area contributed by atoms with Crippen LogP contribution in [0.5, 0.6) is 0 Å². The fraction of sp³-hybridized carbons (Fsp3) is 0.812. The zero-order valence-corrected chi connectivity index (χ0v) is 12.0. The molecule has 2 fully saturated rings. The summed E-state index contributed by atoms with van der Waals surface area (Å²) in [6.45, 7) is 9.88. The van der Waals surface area contributed by atoms with E-state index in [1.54, 1.807) is 0 Å². The molecule has 0 bridgehead atoms. The van der Waals surface area contributed by atoms with Gasteiger partial charge in [-0.15, -0.1) is 0 Å². The maximum atomic E-state index is 12.3. The highest BCUT2D eigenvalue weighted by atomic mass is 16.6. The molecular formula is C16H26O2. The summed E-state index contributed by atoms with van der Waals surface area (Å²) >= 11 is 0. The van der Waals surface area contributed by atoms with Crippen LogP contribution in [0.25, 0.3) is 0 Å². The Balaban J connectivity index is 2.06. The average Bonchev–Trinajstić information content (AvgIpc) is 2.87. The number of carbonyl (C=O) groups excluding carboxylic acids is 1. The summed E-state index contributed by atoms with van der Waals surface area (Å²) in [7, 11) is 0. The molecule has 2 unspecified atom stereocenters. The van der Waals surface area contributed by atoms with E-state index in [0.29, 0.717) is 0 Å². The fourth-order valence-electron chi connectivity index (χ4n) is 3.38. The van der Waals surface area contributed by atoms with Gasteiger partial charge < -0.3 is 4.74 Å². The SMILES string of the molecule is C=CC1(OC(=O)C(C)(C)CC)CC2CCCC2C1. The standard InChI is InChI=1S/C16H26O2/c1-5-15(3,4)14(17)18-16(6-2)10-12-8-7-9-13(12)11-16/h6,12-13H,2,5,7-11H2,1,3-4H3. The molecule has 0 amide bonds. The second-order valence-electron chi connectivity index (χ2n) is 6.76. The van der Waals surface area contributed by atoms with E-state index in [4.69, 9.17) is 4.74 Å². The summed E-state index contributed by atoms with van der Waals surface area (Å²) in [6, 6.07) is 0. The van der Waals surface area contributed by atoms with Crippen molar-refractivity contribution in [2.75, 3.05) is 0 Å². The Morgan fingerprint density at radius 3 is 2.39 bits per heavy atom. The minimum atomic E-state index is -0.381. The van der Waals surface area contributed by atoms with Gasteiger partial charge in [-0.2, -0.15) is 0 Å². The lowest BCUT2D eigenvalue weighted by atomic mass is 9.89. The number of hydrogen-bond acceptors (Lipinski definition) is 2. The van der Waals surface area contributed by atoms with Gasteiger partial charge in [0.2, 0.25) is 0 Å². The van der Waals surface area contributed by atoms with Crippen molar-refractivity contribution in [1.29, 1.82) is 0 Å². The Hall–Kier alpha value is -0.790. The van der Waals surface area contributed by atoms with Gasteiger partial charge in [0.15, 0.2) is 0 Å². The first-order valence-corrected chi connectivity index (χ1v) is 7.29. The highest BCUT2D eigenvalue weighted by molar-refractivity contribution is 5.76. The normalized spacial score (nSPS) is 35.3. The maximum Gasteiger partial charge on any atom is 0.312 e. The number of rotatable bonds is 4. The lowest BCUT2D eigenvalue weighted by molar-refractivity contribution is -0.166. The molecule has 0 radical (unpaired) electrons. The Bertz CT molecular complexity index is 331. The third kappa shape index (κ3) is 2.34. The summed E-state index contributed by atoms with van der Waals surface area (Å²) in [5.74, 6) is 1.44. The quantitative estimate of drug-likeness (QED) is 0.554. The van der Waals surface area contributed by atoms with Crippen LogP contribution in [0.3, 0.4) is 0 Å². The van der Waals surface area contributed by atoms with Crippen LogP contribution in [-0.2, 0) is 9.53 Å². The van der Waals surface area contributed by atoms with Crippen LogP contribution in [0, 0.1) is 17.3 Å². The van der Waals surface area contributed by atoms with Crippen LogP contribution < -0.4 is 0 Å². The summed E-state index contributed by atoms with van der Waals surface area (Å²) < 4.78 is 5.88. The van der Waals surface area contributed by atoms with Crippen LogP contribution in [0.4, 0.5) is 0 Å². The molecule has 2 heteroatoms. The van der Waals surface area contributed by atoms with Crippen molar-refractivity contribution in [3.63, 3.8) is 0 Å². The van der Waals surface area contributed by atoms with E-state index in [2.05, 4.69) is 6.58 Å². The number of carbonyl (C=O) groups is 1. The molecule has 18 heavy (non-hydrogen) atoms. The molecule has 2 atom stereocenters. The molecule has 2 aliphatic rings. The molecule has 0 aromatic carbocycles. The van der Waals surface area contributed by atoms with Gasteiger partial charge in [-0.3, -0.25) is 4.79 Å². The van der Waals surface area contributed by atoms with E-state index in [9.17, 15) is 4.79 Å². The molecule has 0 saturated heterocycles. The monoisotopic (exact) mass is 250 g/mol. The third-order valence-electron chi connectivity index (χ3n) is 5.14. The van der Waals surface area contributed by atoms with Gasteiger partial charge in [-0.25, -0.2) is 0 Å². The van der Waals surface area contributed by atoms with Gasteiger partial charge in [-0.05, 0) is 51.0 Å². The van der Waals surface area contributed by atoms with E-state index >= 15 is 0 Å². The summed E-state index contributed by atoms with van der Waals surface area (Å²) in [6.07, 6.45) is 8.63. The fourth-order valence-corrected chi connectivity index (χ4v) is 3.38. The van der Waals surface area contributed by atoms with Crippen LogP contribution in [0.1, 0.15) is 59.3 Å². The van der Waals surface area contributed by atoms with Crippen molar-refractivity contribution in [1.82, 2.24) is 0 Å². The van der Waals surface area contributed by atoms with Crippen molar-refractivity contribution >= 4 is 5.97 Å². The van der Waals surface area contributed by atoms with Crippen LogP contribution in [-0.4, -0.2) is 11.6 Å². The Morgan fingerprint density at radius 1 is 1.39 bits per heavy atom.